The Labute approximate surface area is 146 Å². The Kier molecular flexibility index (Phi) is 5.51. The molecule has 0 aliphatic carbocycles. The second kappa shape index (κ2) is 8.19. The third-order valence-electron chi connectivity index (χ3n) is 3.63. The number of amides is 1. The molecule has 3 rings (SSSR count). The number of carbonyl (C=O) groups excluding carboxylic acids is 1. The number of H-pyrrole nitrogens is 1. The number of aromatic amines is 1. The van der Waals surface area contributed by atoms with Crippen LogP contribution in [-0.2, 0) is 11.2 Å². The zero-order valence-electron chi connectivity index (χ0n) is 14.1. The second-order valence-corrected chi connectivity index (χ2v) is 5.47. The van der Waals surface area contributed by atoms with Crippen molar-refractivity contribution in [3.05, 3.63) is 54.4 Å². The van der Waals surface area contributed by atoms with E-state index in [1.807, 2.05) is 49.4 Å². The highest BCUT2D eigenvalue weighted by Gasteiger charge is 2.08. The van der Waals surface area contributed by atoms with Gasteiger partial charge in [0.15, 0.2) is 18.1 Å². The van der Waals surface area contributed by atoms with Crippen molar-refractivity contribution in [1.82, 2.24) is 15.3 Å². The molecule has 1 aromatic heterocycles. The summed E-state index contributed by atoms with van der Waals surface area (Å²) < 4.78 is 11.0. The van der Waals surface area contributed by atoms with Gasteiger partial charge in [0.25, 0.3) is 5.91 Å². The standard InChI is InChI=1S/C19H21N3O3/c1-2-24-16-9-5-6-10-17(16)25-13-19(23)20-12-11-18-21-14-7-3-4-8-15(14)22-18/h3-10H,2,11-13H2,1H3,(H,20,23)(H,21,22). The molecule has 0 saturated carbocycles. The maximum absolute atomic E-state index is 11.9. The Balaban J connectivity index is 1.45. The van der Waals surface area contributed by atoms with Crippen molar-refractivity contribution in [3.8, 4) is 11.5 Å². The molecule has 2 aromatic carbocycles. The third-order valence-corrected chi connectivity index (χ3v) is 3.63. The van der Waals surface area contributed by atoms with Crippen molar-refractivity contribution in [2.75, 3.05) is 19.8 Å². The van der Waals surface area contributed by atoms with Crippen LogP contribution in [0.2, 0.25) is 0 Å². The van der Waals surface area contributed by atoms with Crippen LogP contribution in [0.4, 0.5) is 0 Å². The summed E-state index contributed by atoms with van der Waals surface area (Å²) in [6, 6.07) is 15.2. The quantitative estimate of drug-likeness (QED) is 0.661. The molecule has 0 radical (unpaired) electrons. The van der Waals surface area contributed by atoms with E-state index in [9.17, 15) is 4.79 Å². The van der Waals surface area contributed by atoms with Gasteiger partial charge >= 0.3 is 0 Å². The molecular formula is C19H21N3O3. The number of hydrogen-bond acceptors (Lipinski definition) is 4. The van der Waals surface area contributed by atoms with Crippen LogP contribution in [0.3, 0.4) is 0 Å². The lowest BCUT2D eigenvalue weighted by Crippen LogP contribution is -2.30. The third kappa shape index (κ3) is 4.50. The Morgan fingerprint density at radius 1 is 1.08 bits per heavy atom. The first-order chi connectivity index (χ1) is 12.3. The van der Waals surface area contributed by atoms with E-state index in [2.05, 4.69) is 15.3 Å². The SMILES string of the molecule is CCOc1ccccc1OCC(=O)NCCc1nc2ccccc2[nH]1. The van der Waals surface area contributed by atoms with Gasteiger partial charge < -0.3 is 19.8 Å². The van der Waals surface area contributed by atoms with Gasteiger partial charge in [0.05, 0.1) is 17.6 Å². The molecule has 0 saturated heterocycles. The number of nitrogens with zero attached hydrogens (tertiary/aromatic N) is 1. The van der Waals surface area contributed by atoms with Gasteiger partial charge in [-0.1, -0.05) is 24.3 Å². The Morgan fingerprint density at radius 2 is 1.80 bits per heavy atom. The molecular weight excluding hydrogens is 318 g/mol. The molecule has 0 atom stereocenters. The summed E-state index contributed by atoms with van der Waals surface area (Å²) >= 11 is 0. The predicted octanol–water partition coefficient (Wildman–Crippen LogP) is 2.70. The number of benzene rings is 2. The van der Waals surface area contributed by atoms with E-state index in [4.69, 9.17) is 9.47 Å². The van der Waals surface area contributed by atoms with Crippen molar-refractivity contribution in [3.63, 3.8) is 0 Å². The summed E-state index contributed by atoms with van der Waals surface area (Å²) in [5.41, 5.74) is 1.93. The summed E-state index contributed by atoms with van der Waals surface area (Å²) in [4.78, 5) is 19.7. The fourth-order valence-corrected chi connectivity index (χ4v) is 2.48. The van der Waals surface area contributed by atoms with Gasteiger partial charge in [-0.15, -0.1) is 0 Å². The lowest BCUT2D eigenvalue weighted by atomic mass is 10.3. The molecule has 0 unspecified atom stereocenters. The first kappa shape index (κ1) is 16.8. The zero-order valence-corrected chi connectivity index (χ0v) is 14.1. The lowest BCUT2D eigenvalue weighted by Gasteiger charge is -2.11. The minimum atomic E-state index is -0.178. The van der Waals surface area contributed by atoms with Crippen LogP contribution in [0, 0.1) is 0 Å². The van der Waals surface area contributed by atoms with Crippen LogP contribution in [0.5, 0.6) is 11.5 Å². The van der Waals surface area contributed by atoms with Gasteiger partial charge in [0.2, 0.25) is 0 Å². The van der Waals surface area contributed by atoms with E-state index < -0.39 is 0 Å². The first-order valence-electron chi connectivity index (χ1n) is 8.31. The van der Waals surface area contributed by atoms with Gasteiger partial charge in [-0.05, 0) is 31.2 Å². The Morgan fingerprint density at radius 3 is 2.56 bits per heavy atom. The molecule has 0 aliphatic rings. The molecule has 2 N–H and O–H groups in total. The second-order valence-electron chi connectivity index (χ2n) is 5.47. The van der Waals surface area contributed by atoms with Crippen LogP contribution in [0.1, 0.15) is 12.7 Å². The van der Waals surface area contributed by atoms with Crippen LogP contribution in [0.25, 0.3) is 11.0 Å². The number of fused-ring (bicyclic) bond motifs is 1. The highest BCUT2D eigenvalue weighted by molar-refractivity contribution is 5.77. The molecule has 25 heavy (non-hydrogen) atoms. The monoisotopic (exact) mass is 339 g/mol. The molecule has 3 aromatic rings. The lowest BCUT2D eigenvalue weighted by molar-refractivity contribution is -0.123. The van der Waals surface area contributed by atoms with Crippen LogP contribution in [0.15, 0.2) is 48.5 Å². The van der Waals surface area contributed by atoms with Gasteiger partial charge in [-0.2, -0.15) is 0 Å². The summed E-state index contributed by atoms with van der Waals surface area (Å²) in [7, 11) is 0. The topological polar surface area (TPSA) is 76.2 Å². The fraction of sp³-hybridized carbons (Fsp3) is 0.263. The first-order valence-corrected chi connectivity index (χ1v) is 8.31. The molecule has 6 heteroatoms. The maximum Gasteiger partial charge on any atom is 0.257 e. The van der Waals surface area contributed by atoms with Crippen molar-refractivity contribution in [2.24, 2.45) is 0 Å². The van der Waals surface area contributed by atoms with Gasteiger partial charge in [0, 0.05) is 13.0 Å². The molecule has 0 fully saturated rings. The molecule has 1 amide bonds. The van der Waals surface area contributed by atoms with Crippen molar-refractivity contribution >= 4 is 16.9 Å². The predicted molar refractivity (Wildman–Crippen MR) is 95.9 cm³/mol. The van der Waals surface area contributed by atoms with Gasteiger partial charge in [-0.3, -0.25) is 4.79 Å². The average Bonchev–Trinajstić information content (AvgIpc) is 3.04. The number of aromatic nitrogens is 2. The van der Waals surface area contributed by atoms with E-state index >= 15 is 0 Å². The number of imidazole rings is 1. The molecule has 130 valence electrons. The van der Waals surface area contributed by atoms with Gasteiger partial charge in [0.1, 0.15) is 5.82 Å². The van der Waals surface area contributed by atoms with E-state index in [-0.39, 0.29) is 12.5 Å². The molecule has 0 bridgehead atoms. The maximum atomic E-state index is 11.9. The Hall–Kier alpha value is -3.02. The number of ether oxygens (including phenoxy) is 2. The summed E-state index contributed by atoms with van der Waals surface area (Å²) in [5, 5.41) is 2.83. The van der Waals surface area contributed by atoms with Crippen molar-refractivity contribution in [2.45, 2.75) is 13.3 Å². The summed E-state index contributed by atoms with van der Waals surface area (Å²) in [5.74, 6) is 1.88. The number of rotatable bonds is 8. The average molecular weight is 339 g/mol. The van der Waals surface area contributed by atoms with E-state index in [0.717, 1.165) is 16.9 Å². The van der Waals surface area contributed by atoms with Crippen molar-refractivity contribution < 1.29 is 14.3 Å². The normalized spacial score (nSPS) is 10.6. The minimum Gasteiger partial charge on any atom is -0.490 e. The van der Waals surface area contributed by atoms with Crippen LogP contribution in [-0.4, -0.2) is 35.6 Å². The number of carbonyl (C=O) groups is 1. The Bertz CT molecular complexity index is 812. The van der Waals surface area contributed by atoms with E-state index in [1.165, 1.54) is 0 Å². The minimum absolute atomic E-state index is 0.0514. The largest absolute Gasteiger partial charge is 0.490 e. The smallest absolute Gasteiger partial charge is 0.257 e. The highest BCUT2D eigenvalue weighted by atomic mass is 16.5. The van der Waals surface area contributed by atoms with E-state index in [0.29, 0.717) is 31.1 Å². The molecule has 1 heterocycles. The van der Waals surface area contributed by atoms with Crippen LogP contribution >= 0.6 is 0 Å². The number of nitrogens with one attached hydrogen (secondary N) is 2. The number of hydrogen-bond donors (Lipinski definition) is 2. The van der Waals surface area contributed by atoms with Crippen LogP contribution < -0.4 is 14.8 Å². The molecule has 0 aliphatic heterocycles. The molecule has 0 spiro atoms. The molecule has 6 nitrogen and oxygen atoms in total. The summed E-state index contributed by atoms with van der Waals surface area (Å²) in [6.45, 7) is 2.89. The zero-order chi connectivity index (χ0) is 17.5. The number of para-hydroxylation sites is 4. The van der Waals surface area contributed by atoms with Gasteiger partial charge in [-0.25, -0.2) is 4.98 Å². The summed E-state index contributed by atoms with van der Waals surface area (Å²) in [6.07, 6.45) is 0.635. The van der Waals surface area contributed by atoms with E-state index in [1.54, 1.807) is 6.07 Å². The highest BCUT2D eigenvalue weighted by Crippen LogP contribution is 2.26. The van der Waals surface area contributed by atoms with Crippen molar-refractivity contribution in [1.29, 1.82) is 0 Å². The fourth-order valence-electron chi connectivity index (χ4n) is 2.48.